The number of ether oxygens (including phenoxy) is 2. The highest BCUT2D eigenvalue weighted by Crippen LogP contribution is 2.34. The molecule has 3 heterocycles. The quantitative estimate of drug-likeness (QED) is 0.351. The van der Waals surface area contributed by atoms with Gasteiger partial charge >= 0.3 is 0 Å². The van der Waals surface area contributed by atoms with E-state index in [0.29, 0.717) is 35.2 Å². The highest BCUT2D eigenvalue weighted by Gasteiger charge is 2.34. The van der Waals surface area contributed by atoms with E-state index in [9.17, 15) is 9.59 Å². The number of aromatic nitrogens is 3. The summed E-state index contributed by atoms with van der Waals surface area (Å²) in [6, 6.07) is 15.3. The zero-order chi connectivity index (χ0) is 25.8. The third-order valence-corrected chi connectivity index (χ3v) is 6.21. The molecule has 37 heavy (non-hydrogen) atoms. The number of para-hydroxylation sites is 1. The van der Waals surface area contributed by atoms with Crippen molar-refractivity contribution in [3.05, 3.63) is 72.2 Å². The number of fused-ring (bicyclic) bond motifs is 2. The largest absolute Gasteiger partial charge is 0.467 e. The maximum absolute atomic E-state index is 13.9. The number of hydrogen-bond acceptors (Lipinski definition) is 7. The topological polar surface area (TPSA) is 112 Å². The van der Waals surface area contributed by atoms with Crippen LogP contribution in [-0.2, 0) is 22.7 Å². The van der Waals surface area contributed by atoms with Crippen LogP contribution in [0.4, 0.5) is 0 Å². The van der Waals surface area contributed by atoms with Crippen LogP contribution in [0.15, 0.2) is 65.3 Å². The molecule has 0 aliphatic carbocycles. The standard InChI is InChI=1S/C27H29N5O5/c1-18(2)11-12-28-27(34)26(23-8-5-13-35-23)31(15-19-9-10-22-24(14-19)37-17-36-22)25(33)16-32-21-7-4-3-6-20(21)29-30-32/h3-10,13-14,18,26H,11-12,15-17H2,1-2H3,(H,28,34)/t26-/m1/s1. The van der Waals surface area contributed by atoms with E-state index in [-0.39, 0.29) is 31.7 Å². The van der Waals surface area contributed by atoms with Crippen LogP contribution in [0.25, 0.3) is 11.0 Å². The number of carbonyl (C=O) groups is 2. The molecular weight excluding hydrogens is 474 g/mol. The number of hydrogen-bond donors (Lipinski definition) is 1. The van der Waals surface area contributed by atoms with Crippen LogP contribution in [0.5, 0.6) is 11.5 Å². The summed E-state index contributed by atoms with van der Waals surface area (Å²) in [6.07, 6.45) is 2.32. The summed E-state index contributed by atoms with van der Waals surface area (Å²) in [5, 5.41) is 11.3. The zero-order valence-electron chi connectivity index (χ0n) is 20.8. The Hall–Kier alpha value is -4.34. The van der Waals surface area contributed by atoms with Crippen LogP contribution in [0.3, 0.4) is 0 Å². The first-order valence-electron chi connectivity index (χ1n) is 12.3. The van der Waals surface area contributed by atoms with Gasteiger partial charge in [0.1, 0.15) is 17.8 Å². The Bertz CT molecular complexity index is 1380. The Morgan fingerprint density at radius 2 is 1.92 bits per heavy atom. The SMILES string of the molecule is CC(C)CCNC(=O)[C@@H](c1ccco1)N(Cc1ccc2c(c1)OCO2)C(=O)Cn1nnc2ccccc21. The van der Waals surface area contributed by atoms with E-state index in [0.717, 1.165) is 17.5 Å². The monoisotopic (exact) mass is 503 g/mol. The molecule has 0 spiro atoms. The van der Waals surface area contributed by atoms with Crippen molar-refractivity contribution in [2.24, 2.45) is 5.92 Å². The first kappa shape index (κ1) is 24.4. The van der Waals surface area contributed by atoms with Gasteiger partial charge in [0.05, 0.1) is 11.8 Å². The van der Waals surface area contributed by atoms with Crippen LogP contribution in [0.2, 0.25) is 0 Å². The van der Waals surface area contributed by atoms with Gasteiger partial charge in [-0.25, -0.2) is 4.68 Å². The predicted molar refractivity (Wildman–Crippen MR) is 135 cm³/mol. The molecule has 10 heteroatoms. The Labute approximate surface area is 214 Å². The molecule has 2 aromatic heterocycles. The van der Waals surface area contributed by atoms with Crippen LogP contribution < -0.4 is 14.8 Å². The van der Waals surface area contributed by atoms with Gasteiger partial charge in [0.15, 0.2) is 17.5 Å². The maximum Gasteiger partial charge on any atom is 0.250 e. The van der Waals surface area contributed by atoms with Crippen molar-refractivity contribution in [2.75, 3.05) is 13.3 Å². The summed E-state index contributed by atoms with van der Waals surface area (Å²) < 4.78 is 18.1. The summed E-state index contributed by atoms with van der Waals surface area (Å²) >= 11 is 0. The van der Waals surface area contributed by atoms with Gasteiger partial charge in [0.25, 0.3) is 5.91 Å². The normalized spacial score (nSPS) is 13.2. The molecule has 2 aromatic carbocycles. The second kappa shape index (κ2) is 10.7. The Morgan fingerprint density at radius 3 is 2.73 bits per heavy atom. The molecule has 192 valence electrons. The van der Waals surface area contributed by atoms with Crippen molar-refractivity contribution < 1.29 is 23.5 Å². The van der Waals surface area contributed by atoms with E-state index in [1.165, 1.54) is 11.2 Å². The molecule has 0 saturated heterocycles. The molecule has 0 fully saturated rings. The van der Waals surface area contributed by atoms with Crippen molar-refractivity contribution in [3.8, 4) is 11.5 Å². The van der Waals surface area contributed by atoms with E-state index in [4.69, 9.17) is 13.9 Å². The summed E-state index contributed by atoms with van der Waals surface area (Å²) in [4.78, 5) is 28.9. The number of furan rings is 1. The molecule has 0 radical (unpaired) electrons. The maximum atomic E-state index is 13.9. The van der Waals surface area contributed by atoms with E-state index < -0.39 is 6.04 Å². The fourth-order valence-corrected chi connectivity index (χ4v) is 4.26. The highest BCUT2D eigenvalue weighted by atomic mass is 16.7. The van der Waals surface area contributed by atoms with Crippen LogP contribution >= 0.6 is 0 Å². The lowest BCUT2D eigenvalue weighted by atomic mass is 10.1. The van der Waals surface area contributed by atoms with Gasteiger partial charge in [0, 0.05) is 13.1 Å². The predicted octanol–water partition coefficient (Wildman–Crippen LogP) is 3.69. The molecular formula is C27H29N5O5. The molecule has 0 unspecified atom stereocenters. The number of carbonyl (C=O) groups excluding carboxylic acids is 2. The molecule has 0 bridgehead atoms. The molecule has 10 nitrogen and oxygen atoms in total. The summed E-state index contributed by atoms with van der Waals surface area (Å²) in [6.45, 7) is 4.87. The molecule has 1 N–H and O–H groups in total. The average Bonchev–Trinajstić information content (AvgIpc) is 3.65. The second-order valence-electron chi connectivity index (χ2n) is 9.34. The molecule has 0 saturated carbocycles. The van der Waals surface area contributed by atoms with Gasteiger partial charge < -0.3 is 24.1 Å². The third-order valence-electron chi connectivity index (χ3n) is 6.21. The van der Waals surface area contributed by atoms with Gasteiger partial charge in [-0.05, 0) is 54.3 Å². The van der Waals surface area contributed by atoms with Gasteiger partial charge in [-0.2, -0.15) is 0 Å². The smallest absolute Gasteiger partial charge is 0.250 e. The van der Waals surface area contributed by atoms with Crippen molar-refractivity contribution in [1.82, 2.24) is 25.2 Å². The number of nitrogens with one attached hydrogen (secondary N) is 1. The van der Waals surface area contributed by atoms with Gasteiger partial charge in [-0.1, -0.05) is 37.3 Å². The molecule has 5 rings (SSSR count). The second-order valence-corrected chi connectivity index (χ2v) is 9.34. The lowest BCUT2D eigenvalue weighted by Crippen LogP contribution is -2.44. The number of rotatable bonds is 10. The fraction of sp³-hybridized carbons (Fsp3) is 0.333. The van der Waals surface area contributed by atoms with Crippen molar-refractivity contribution in [1.29, 1.82) is 0 Å². The van der Waals surface area contributed by atoms with E-state index in [2.05, 4.69) is 29.5 Å². The Balaban J connectivity index is 1.48. The minimum Gasteiger partial charge on any atom is -0.467 e. The fourth-order valence-electron chi connectivity index (χ4n) is 4.26. The molecule has 1 aliphatic rings. The van der Waals surface area contributed by atoms with Crippen LogP contribution in [-0.4, -0.2) is 45.0 Å². The molecule has 1 atom stereocenters. The van der Waals surface area contributed by atoms with E-state index in [1.807, 2.05) is 36.4 Å². The highest BCUT2D eigenvalue weighted by molar-refractivity contribution is 5.88. The summed E-state index contributed by atoms with van der Waals surface area (Å²) in [5.41, 5.74) is 2.20. The summed E-state index contributed by atoms with van der Waals surface area (Å²) in [5.74, 6) is 1.42. The van der Waals surface area contributed by atoms with Gasteiger partial charge in [-0.15, -0.1) is 5.10 Å². The van der Waals surface area contributed by atoms with Crippen molar-refractivity contribution in [2.45, 2.75) is 39.4 Å². The van der Waals surface area contributed by atoms with Crippen molar-refractivity contribution in [3.63, 3.8) is 0 Å². The first-order valence-corrected chi connectivity index (χ1v) is 12.3. The first-order chi connectivity index (χ1) is 18.0. The Kier molecular flexibility index (Phi) is 7.07. The minimum absolute atomic E-state index is 0.0957. The van der Waals surface area contributed by atoms with E-state index in [1.54, 1.807) is 22.9 Å². The third kappa shape index (κ3) is 5.42. The van der Waals surface area contributed by atoms with Gasteiger partial charge in [0.2, 0.25) is 12.7 Å². The summed E-state index contributed by atoms with van der Waals surface area (Å²) in [7, 11) is 0. The number of benzene rings is 2. The van der Waals surface area contributed by atoms with Crippen molar-refractivity contribution >= 4 is 22.8 Å². The lowest BCUT2D eigenvalue weighted by Gasteiger charge is -2.30. The number of nitrogens with zero attached hydrogens (tertiary/aromatic N) is 4. The number of amides is 2. The molecule has 1 aliphatic heterocycles. The molecule has 4 aromatic rings. The molecule has 2 amide bonds. The Morgan fingerprint density at radius 1 is 1.08 bits per heavy atom. The van der Waals surface area contributed by atoms with Crippen LogP contribution in [0.1, 0.15) is 37.6 Å². The van der Waals surface area contributed by atoms with Crippen LogP contribution in [0, 0.1) is 5.92 Å². The van der Waals surface area contributed by atoms with E-state index >= 15 is 0 Å². The average molecular weight is 504 g/mol. The van der Waals surface area contributed by atoms with Gasteiger partial charge in [-0.3, -0.25) is 9.59 Å². The minimum atomic E-state index is -0.977. The lowest BCUT2D eigenvalue weighted by molar-refractivity contribution is -0.143. The zero-order valence-corrected chi connectivity index (χ0v) is 20.8.